The zero-order valence-corrected chi connectivity index (χ0v) is 11.2. The second-order valence-electron chi connectivity index (χ2n) is 4.67. The SMILES string of the molecule is C/C(=N/[C@@H](C)c1ccc(C)cc1)c1ccccc1. The molecule has 0 aliphatic rings. The number of aryl methyl sites for hydroxylation is 1. The topological polar surface area (TPSA) is 12.4 Å². The molecule has 1 heteroatoms. The minimum atomic E-state index is 0.200. The minimum Gasteiger partial charge on any atom is -0.282 e. The summed E-state index contributed by atoms with van der Waals surface area (Å²) >= 11 is 0. The molecule has 0 fully saturated rings. The number of hydrogen-bond donors (Lipinski definition) is 0. The van der Waals surface area contributed by atoms with Gasteiger partial charge in [-0.3, -0.25) is 4.99 Å². The van der Waals surface area contributed by atoms with E-state index in [2.05, 4.69) is 57.2 Å². The van der Waals surface area contributed by atoms with E-state index >= 15 is 0 Å². The van der Waals surface area contributed by atoms with Gasteiger partial charge >= 0.3 is 0 Å². The van der Waals surface area contributed by atoms with E-state index in [0.717, 1.165) is 5.71 Å². The molecule has 2 aromatic rings. The molecule has 0 spiro atoms. The highest BCUT2D eigenvalue weighted by Crippen LogP contribution is 2.18. The van der Waals surface area contributed by atoms with Crippen LogP contribution in [0.3, 0.4) is 0 Å². The Morgan fingerprint density at radius 1 is 0.944 bits per heavy atom. The summed E-state index contributed by atoms with van der Waals surface area (Å²) in [5.41, 5.74) is 4.82. The Bertz CT molecular complexity index is 523. The summed E-state index contributed by atoms with van der Waals surface area (Å²) in [6.07, 6.45) is 0. The van der Waals surface area contributed by atoms with Gasteiger partial charge in [-0.1, -0.05) is 60.2 Å². The van der Waals surface area contributed by atoms with Crippen molar-refractivity contribution in [2.75, 3.05) is 0 Å². The van der Waals surface area contributed by atoms with Crippen molar-refractivity contribution in [3.8, 4) is 0 Å². The molecule has 0 saturated carbocycles. The molecule has 2 rings (SSSR count). The van der Waals surface area contributed by atoms with E-state index in [4.69, 9.17) is 4.99 Å². The van der Waals surface area contributed by atoms with Crippen molar-refractivity contribution in [2.45, 2.75) is 26.8 Å². The summed E-state index contributed by atoms with van der Waals surface area (Å²) < 4.78 is 0. The van der Waals surface area contributed by atoms with E-state index in [1.807, 2.05) is 18.2 Å². The van der Waals surface area contributed by atoms with Crippen LogP contribution in [0.2, 0.25) is 0 Å². The van der Waals surface area contributed by atoms with Gasteiger partial charge in [0.05, 0.1) is 6.04 Å². The summed E-state index contributed by atoms with van der Waals surface area (Å²) in [7, 11) is 0. The van der Waals surface area contributed by atoms with Crippen LogP contribution in [-0.4, -0.2) is 5.71 Å². The lowest BCUT2D eigenvalue weighted by atomic mass is 10.1. The highest BCUT2D eigenvalue weighted by molar-refractivity contribution is 5.98. The van der Waals surface area contributed by atoms with Crippen LogP contribution in [0.25, 0.3) is 0 Å². The maximum Gasteiger partial charge on any atom is 0.0724 e. The van der Waals surface area contributed by atoms with E-state index in [-0.39, 0.29) is 6.04 Å². The largest absolute Gasteiger partial charge is 0.282 e. The Kier molecular flexibility index (Phi) is 3.93. The lowest BCUT2D eigenvalue weighted by molar-refractivity contribution is 0.819. The zero-order valence-electron chi connectivity index (χ0n) is 11.2. The van der Waals surface area contributed by atoms with Crippen LogP contribution in [-0.2, 0) is 0 Å². The number of benzene rings is 2. The smallest absolute Gasteiger partial charge is 0.0724 e. The van der Waals surface area contributed by atoms with E-state index in [0.29, 0.717) is 0 Å². The van der Waals surface area contributed by atoms with Crippen molar-refractivity contribution in [3.63, 3.8) is 0 Å². The van der Waals surface area contributed by atoms with Crippen LogP contribution < -0.4 is 0 Å². The first kappa shape index (κ1) is 12.6. The number of rotatable bonds is 3. The summed E-state index contributed by atoms with van der Waals surface area (Å²) in [4.78, 5) is 4.76. The first-order chi connectivity index (χ1) is 8.66. The van der Waals surface area contributed by atoms with Crippen molar-refractivity contribution >= 4 is 5.71 Å². The van der Waals surface area contributed by atoms with Crippen molar-refractivity contribution in [3.05, 3.63) is 71.3 Å². The molecule has 0 aliphatic heterocycles. The van der Waals surface area contributed by atoms with E-state index in [1.165, 1.54) is 16.7 Å². The molecule has 0 aliphatic carbocycles. The Morgan fingerprint density at radius 2 is 1.56 bits per heavy atom. The fraction of sp³-hybridized carbons (Fsp3) is 0.235. The average molecular weight is 237 g/mol. The van der Waals surface area contributed by atoms with E-state index in [1.54, 1.807) is 0 Å². The maximum atomic E-state index is 4.76. The molecular weight excluding hydrogens is 218 g/mol. The average Bonchev–Trinajstić information content (AvgIpc) is 2.40. The molecule has 0 aromatic heterocycles. The normalized spacial score (nSPS) is 13.4. The second kappa shape index (κ2) is 5.63. The molecule has 2 aromatic carbocycles. The fourth-order valence-corrected chi connectivity index (χ4v) is 1.96. The summed E-state index contributed by atoms with van der Waals surface area (Å²) in [6.45, 7) is 6.31. The highest BCUT2D eigenvalue weighted by Gasteiger charge is 2.04. The van der Waals surface area contributed by atoms with Gasteiger partial charge in [-0.15, -0.1) is 0 Å². The molecule has 0 saturated heterocycles. The first-order valence-corrected chi connectivity index (χ1v) is 6.33. The lowest BCUT2D eigenvalue weighted by Gasteiger charge is -2.09. The second-order valence-corrected chi connectivity index (χ2v) is 4.67. The molecule has 1 atom stereocenters. The van der Waals surface area contributed by atoms with Gasteiger partial charge in [0.2, 0.25) is 0 Å². The third-order valence-electron chi connectivity index (χ3n) is 3.14. The first-order valence-electron chi connectivity index (χ1n) is 6.33. The van der Waals surface area contributed by atoms with Crippen LogP contribution >= 0.6 is 0 Å². The van der Waals surface area contributed by atoms with Gasteiger partial charge in [-0.05, 0) is 31.9 Å². The number of aliphatic imine (C=N–C) groups is 1. The van der Waals surface area contributed by atoms with Gasteiger partial charge in [0, 0.05) is 5.71 Å². The van der Waals surface area contributed by atoms with Crippen LogP contribution in [0.1, 0.15) is 36.6 Å². The third-order valence-corrected chi connectivity index (χ3v) is 3.14. The molecular formula is C17H19N. The van der Waals surface area contributed by atoms with Gasteiger partial charge in [-0.2, -0.15) is 0 Å². The van der Waals surface area contributed by atoms with E-state index in [9.17, 15) is 0 Å². The van der Waals surface area contributed by atoms with Crippen molar-refractivity contribution < 1.29 is 0 Å². The van der Waals surface area contributed by atoms with Crippen molar-refractivity contribution in [1.29, 1.82) is 0 Å². The zero-order chi connectivity index (χ0) is 13.0. The van der Waals surface area contributed by atoms with Gasteiger partial charge in [-0.25, -0.2) is 0 Å². The quantitative estimate of drug-likeness (QED) is 0.694. The van der Waals surface area contributed by atoms with Crippen LogP contribution in [0.15, 0.2) is 59.6 Å². The molecule has 0 N–H and O–H groups in total. The van der Waals surface area contributed by atoms with Gasteiger partial charge in [0.1, 0.15) is 0 Å². The van der Waals surface area contributed by atoms with Gasteiger partial charge in [0.25, 0.3) is 0 Å². The Morgan fingerprint density at radius 3 is 2.17 bits per heavy atom. The summed E-state index contributed by atoms with van der Waals surface area (Å²) in [5.74, 6) is 0. The van der Waals surface area contributed by atoms with Gasteiger partial charge in [0.15, 0.2) is 0 Å². The van der Waals surface area contributed by atoms with Crippen LogP contribution in [0, 0.1) is 6.92 Å². The molecule has 92 valence electrons. The number of hydrogen-bond acceptors (Lipinski definition) is 1. The summed E-state index contributed by atoms with van der Waals surface area (Å²) in [5, 5.41) is 0. The van der Waals surface area contributed by atoms with Crippen LogP contribution in [0.4, 0.5) is 0 Å². The van der Waals surface area contributed by atoms with Crippen molar-refractivity contribution in [2.24, 2.45) is 4.99 Å². The molecule has 0 bridgehead atoms. The van der Waals surface area contributed by atoms with Gasteiger partial charge < -0.3 is 0 Å². The summed E-state index contributed by atoms with van der Waals surface area (Å²) in [6, 6.07) is 19.1. The van der Waals surface area contributed by atoms with Crippen LogP contribution in [0.5, 0.6) is 0 Å². The number of nitrogens with zero attached hydrogens (tertiary/aromatic N) is 1. The third kappa shape index (κ3) is 3.07. The predicted octanol–water partition coefficient (Wildman–Crippen LogP) is 4.57. The Balaban J connectivity index is 2.20. The molecule has 0 amide bonds. The standard InChI is InChI=1S/C17H19N/c1-13-9-11-17(12-10-13)15(3)18-14(2)16-7-5-4-6-8-16/h4-12,15H,1-3H3/b18-14-/t15-/m0/s1. The van der Waals surface area contributed by atoms with E-state index < -0.39 is 0 Å². The minimum absolute atomic E-state index is 0.200. The molecule has 0 unspecified atom stereocenters. The molecule has 0 radical (unpaired) electrons. The Hall–Kier alpha value is -1.89. The predicted molar refractivity (Wildman–Crippen MR) is 78.2 cm³/mol. The maximum absolute atomic E-state index is 4.76. The molecule has 0 heterocycles. The molecule has 1 nitrogen and oxygen atoms in total. The fourth-order valence-electron chi connectivity index (χ4n) is 1.96. The Labute approximate surface area is 109 Å². The monoisotopic (exact) mass is 237 g/mol. The highest BCUT2D eigenvalue weighted by atomic mass is 14.8. The van der Waals surface area contributed by atoms with Crippen molar-refractivity contribution in [1.82, 2.24) is 0 Å². The lowest BCUT2D eigenvalue weighted by Crippen LogP contribution is -1.98. The molecule has 18 heavy (non-hydrogen) atoms.